The summed E-state index contributed by atoms with van der Waals surface area (Å²) in [6.07, 6.45) is 3.01. The molecule has 31 heavy (non-hydrogen) atoms. The molecule has 0 bridgehead atoms. The van der Waals surface area contributed by atoms with Crippen molar-refractivity contribution < 1.29 is 29.4 Å². The van der Waals surface area contributed by atoms with Gasteiger partial charge in [-0.2, -0.15) is 12.6 Å². The van der Waals surface area contributed by atoms with Gasteiger partial charge in [-0.3, -0.25) is 14.4 Å². The van der Waals surface area contributed by atoms with Crippen LogP contribution in [-0.2, 0) is 25.6 Å². The van der Waals surface area contributed by atoms with Crippen LogP contribution in [0.2, 0.25) is 0 Å². The fraction of sp³-hybridized carbons (Fsp3) is 0.611. The molecule has 174 valence electrons. The third kappa shape index (κ3) is 8.94. The van der Waals surface area contributed by atoms with Gasteiger partial charge in [0.25, 0.3) is 0 Å². The van der Waals surface area contributed by atoms with Gasteiger partial charge in [0.05, 0.1) is 19.0 Å². The number of H-pyrrole nitrogens is 1. The van der Waals surface area contributed by atoms with Gasteiger partial charge in [-0.05, 0) is 12.3 Å². The number of hydrogen-bond donors (Lipinski definition) is 8. The molecule has 0 spiro atoms. The van der Waals surface area contributed by atoms with Crippen LogP contribution in [0, 0.1) is 5.92 Å². The summed E-state index contributed by atoms with van der Waals surface area (Å²) in [5, 5.41) is 26.1. The SMILES string of the molecule is CC(C)CC(NC(=O)C(CO)NC(=O)C(N)CS)C(=O)NC(Cc1cnc[nH]1)C(=O)O. The number of aliphatic hydroxyl groups is 1. The maximum absolute atomic E-state index is 12.8. The second-order valence-electron chi connectivity index (χ2n) is 7.40. The van der Waals surface area contributed by atoms with Crippen molar-refractivity contribution >= 4 is 36.3 Å². The standard InChI is InChI=1S/C18H30N6O6S/c1-9(2)3-12(22-17(28)14(6-25)24-15(26)11(19)7-31)16(27)23-13(18(29)30)4-10-5-20-8-21-10/h5,8-9,11-14,25,31H,3-4,6-7,19H2,1-2H3,(H,20,21)(H,22,28)(H,23,27)(H,24,26)(H,29,30). The van der Waals surface area contributed by atoms with Gasteiger partial charge in [-0.15, -0.1) is 0 Å². The second kappa shape index (κ2) is 12.9. The van der Waals surface area contributed by atoms with E-state index in [1.54, 1.807) is 0 Å². The van der Waals surface area contributed by atoms with Crippen molar-refractivity contribution in [2.45, 2.75) is 50.9 Å². The monoisotopic (exact) mass is 458 g/mol. The summed E-state index contributed by atoms with van der Waals surface area (Å²) in [6.45, 7) is 2.93. The number of nitrogens with two attached hydrogens (primary N) is 1. The number of carbonyl (C=O) groups excluding carboxylic acids is 3. The minimum Gasteiger partial charge on any atom is -0.480 e. The van der Waals surface area contributed by atoms with E-state index >= 15 is 0 Å². The van der Waals surface area contributed by atoms with E-state index < -0.39 is 54.5 Å². The van der Waals surface area contributed by atoms with E-state index in [-0.39, 0.29) is 24.5 Å². The number of imidazole rings is 1. The van der Waals surface area contributed by atoms with Crippen molar-refractivity contribution in [2.24, 2.45) is 11.7 Å². The van der Waals surface area contributed by atoms with Crippen molar-refractivity contribution in [3.05, 3.63) is 18.2 Å². The van der Waals surface area contributed by atoms with Crippen molar-refractivity contribution in [1.29, 1.82) is 0 Å². The van der Waals surface area contributed by atoms with E-state index in [1.165, 1.54) is 12.5 Å². The minimum atomic E-state index is -1.33. The summed E-state index contributed by atoms with van der Waals surface area (Å²) in [7, 11) is 0. The van der Waals surface area contributed by atoms with Gasteiger partial charge < -0.3 is 36.9 Å². The zero-order valence-corrected chi connectivity index (χ0v) is 18.3. The van der Waals surface area contributed by atoms with E-state index in [0.29, 0.717) is 5.69 Å². The van der Waals surface area contributed by atoms with Gasteiger partial charge in [0.15, 0.2) is 0 Å². The lowest BCUT2D eigenvalue weighted by molar-refractivity contribution is -0.142. The van der Waals surface area contributed by atoms with Crippen molar-refractivity contribution in [3.8, 4) is 0 Å². The van der Waals surface area contributed by atoms with Crippen LogP contribution in [0.5, 0.6) is 0 Å². The van der Waals surface area contributed by atoms with Gasteiger partial charge in [-0.25, -0.2) is 9.78 Å². The highest BCUT2D eigenvalue weighted by Gasteiger charge is 2.30. The summed E-state index contributed by atoms with van der Waals surface area (Å²) >= 11 is 3.90. The Labute approximate surface area is 185 Å². The number of aromatic amines is 1. The fourth-order valence-electron chi connectivity index (χ4n) is 2.62. The van der Waals surface area contributed by atoms with Gasteiger partial charge >= 0.3 is 5.97 Å². The molecule has 4 unspecified atom stereocenters. The van der Waals surface area contributed by atoms with Crippen molar-refractivity contribution in [2.75, 3.05) is 12.4 Å². The van der Waals surface area contributed by atoms with E-state index in [9.17, 15) is 29.4 Å². The van der Waals surface area contributed by atoms with Crippen LogP contribution in [-0.4, -0.2) is 80.4 Å². The number of rotatable bonds is 13. The molecule has 0 fully saturated rings. The molecule has 1 heterocycles. The highest BCUT2D eigenvalue weighted by molar-refractivity contribution is 7.80. The van der Waals surface area contributed by atoms with Crippen LogP contribution in [0.15, 0.2) is 12.5 Å². The summed E-state index contributed by atoms with van der Waals surface area (Å²) in [5.41, 5.74) is 6.06. The Morgan fingerprint density at radius 1 is 1.10 bits per heavy atom. The number of nitrogens with zero attached hydrogens (tertiary/aromatic N) is 1. The van der Waals surface area contributed by atoms with Crippen LogP contribution >= 0.6 is 12.6 Å². The predicted octanol–water partition coefficient (Wildman–Crippen LogP) is -2.21. The molecule has 0 aliphatic carbocycles. The van der Waals surface area contributed by atoms with Crippen molar-refractivity contribution in [1.82, 2.24) is 25.9 Å². The molecule has 8 N–H and O–H groups in total. The van der Waals surface area contributed by atoms with Crippen LogP contribution in [0.4, 0.5) is 0 Å². The van der Waals surface area contributed by atoms with Gasteiger partial charge in [0.1, 0.15) is 18.1 Å². The lowest BCUT2D eigenvalue weighted by atomic mass is 10.0. The Balaban J connectivity index is 2.87. The first-order chi connectivity index (χ1) is 14.6. The number of aliphatic hydroxyl groups excluding tert-OH is 1. The summed E-state index contributed by atoms with van der Waals surface area (Å²) in [6, 6.07) is -4.64. The number of thiol groups is 1. The lowest BCUT2D eigenvalue weighted by Crippen LogP contribution is -2.58. The van der Waals surface area contributed by atoms with Gasteiger partial charge in [0.2, 0.25) is 17.7 Å². The Kier molecular flexibility index (Phi) is 11.0. The van der Waals surface area contributed by atoms with Crippen molar-refractivity contribution in [3.63, 3.8) is 0 Å². The largest absolute Gasteiger partial charge is 0.480 e. The smallest absolute Gasteiger partial charge is 0.326 e. The average molecular weight is 459 g/mol. The first-order valence-electron chi connectivity index (χ1n) is 9.67. The number of nitrogens with one attached hydrogen (secondary N) is 4. The molecule has 1 aromatic heterocycles. The summed E-state index contributed by atoms with van der Waals surface area (Å²) in [5.74, 6) is -3.42. The maximum atomic E-state index is 12.8. The quantitative estimate of drug-likeness (QED) is 0.152. The third-order valence-electron chi connectivity index (χ3n) is 4.28. The molecule has 0 aliphatic rings. The molecule has 0 saturated carbocycles. The first-order valence-corrected chi connectivity index (χ1v) is 10.3. The number of carboxylic acids is 1. The van der Waals surface area contributed by atoms with Crippen LogP contribution in [0.1, 0.15) is 26.0 Å². The number of aliphatic carboxylic acids is 1. The van der Waals surface area contributed by atoms with Crippen LogP contribution < -0.4 is 21.7 Å². The number of amides is 3. The zero-order chi connectivity index (χ0) is 23.6. The molecule has 1 aromatic rings. The van der Waals surface area contributed by atoms with E-state index in [0.717, 1.165) is 0 Å². The number of aromatic nitrogens is 2. The van der Waals surface area contributed by atoms with E-state index in [1.807, 2.05) is 13.8 Å². The molecular weight excluding hydrogens is 428 g/mol. The third-order valence-corrected chi connectivity index (χ3v) is 4.68. The Morgan fingerprint density at radius 3 is 2.16 bits per heavy atom. The van der Waals surface area contributed by atoms with E-state index in [4.69, 9.17) is 5.73 Å². The van der Waals surface area contributed by atoms with Crippen LogP contribution in [0.3, 0.4) is 0 Å². The van der Waals surface area contributed by atoms with Gasteiger partial charge in [-0.1, -0.05) is 13.8 Å². The Morgan fingerprint density at radius 2 is 1.68 bits per heavy atom. The highest BCUT2D eigenvalue weighted by atomic mass is 32.1. The number of carboxylic acid groups (broad SMARTS) is 1. The molecule has 13 heteroatoms. The highest BCUT2D eigenvalue weighted by Crippen LogP contribution is 2.07. The molecule has 0 aliphatic heterocycles. The van der Waals surface area contributed by atoms with E-state index in [2.05, 4.69) is 38.5 Å². The van der Waals surface area contributed by atoms with Gasteiger partial charge in [0, 0.05) is 24.1 Å². The second-order valence-corrected chi connectivity index (χ2v) is 7.77. The molecule has 0 radical (unpaired) electrons. The molecule has 0 aromatic carbocycles. The molecular formula is C18H30N6O6S. The Hall–Kier alpha value is -2.64. The molecule has 1 rings (SSSR count). The number of carbonyl (C=O) groups is 4. The fourth-order valence-corrected chi connectivity index (χ4v) is 2.79. The maximum Gasteiger partial charge on any atom is 0.326 e. The summed E-state index contributed by atoms with van der Waals surface area (Å²) in [4.78, 5) is 55.3. The number of hydrogen-bond acceptors (Lipinski definition) is 8. The topological polar surface area (TPSA) is 200 Å². The zero-order valence-electron chi connectivity index (χ0n) is 17.4. The average Bonchev–Trinajstić information content (AvgIpc) is 3.22. The molecule has 3 amide bonds. The predicted molar refractivity (Wildman–Crippen MR) is 114 cm³/mol. The minimum absolute atomic E-state index is 0.0216. The Bertz CT molecular complexity index is 744. The summed E-state index contributed by atoms with van der Waals surface area (Å²) < 4.78 is 0. The lowest BCUT2D eigenvalue weighted by Gasteiger charge is -2.25. The first kappa shape index (κ1) is 26.4. The normalized spacial score (nSPS) is 14.9. The molecule has 12 nitrogen and oxygen atoms in total. The molecule has 0 saturated heterocycles. The molecule has 4 atom stereocenters. The van der Waals surface area contributed by atoms with Crippen LogP contribution in [0.25, 0.3) is 0 Å².